The summed E-state index contributed by atoms with van der Waals surface area (Å²) in [5.74, 6) is 0. The SMILES string of the molecule is [Na].[Na].c1ccc2c(c1)Cc1ccccc1-2. The summed E-state index contributed by atoms with van der Waals surface area (Å²) in [6.45, 7) is 0. The van der Waals surface area contributed by atoms with E-state index in [4.69, 9.17) is 0 Å². The first-order valence-electron chi connectivity index (χ1n) is 4.61. The van der Waals surface area contributed by atoms with E-state index in [0.29, 0.717) is 0 Å². The summed E-state index contributed by atoms with van der Waals surface area (Å²) in [7, 11) is 0. The summed E-state index contributed by atoms with van der Waals surface area (Å²) in [6.07, 6.45) is 1.10. The number of hydrogen-bond acceptors (Lipinski definition) is 0. The van der Waals surface area contributed by atoms with Gasteiger partial charge in [0.15, 0.2) is 0 Å². The standard InChI is InChI=1S/C13H10.2Na/c1-3-7-12-10(5-1)9-11-6-2-4-8-13(11)12;;/h1-8H,9H2;;. The first-order chi connectivity index (χ1) is 6.45. The van der Waals surface area contributed by atoms with Crippen LogP contribution in [0, 0.1) is 0 Å². The molecule has 0 nitrogen and oxygen atoms in total. The molecule has 3 rings (SSSR count). The first kappa shape index (κ1) is 13.5. The molecule has 0 saturated carbocycles. The zero-order valence-electron chi connectivity index (χ0n) is 9.33. The quantitative estimate of drug-likeness (QED) is 0.502. The van der Waals surface area contributed by atoms with Gasteiger partial charge in [0, 0.05) is 59.1 Å². The molecule has 1 aliphatic carbocycles. The summed E-state index contributed by atoms with van der Waals surface area (Å²) in [4.78, 5) is 0. The summed E-state index contributed by atoms with van der Waals surface area (Å²) in [5.41, 5.74) is 5.75. The maximum absolute atomic E-state index is 2.22. The molecule has 2 aromatic carbocycles. The Labute approximate surface area is 135 Å². The summed E-state index contributed by atoms with van der Waals surface area (Å²) >= 11 is 0. The Morgan fingerprint density at radius 3 is 1.47 bits per heavy atom. The molecule has 0 N–H and O–H groups in total. The third-order valence-corrected chi connectivity index (χ3v) is 2.71. The van der Waals surface area contributed by atoms with E-state index >= 15 is 0 Å². The van der Waals surface area contributed by atoms with Gasteiger partial charge in [-0.15, -0.1) is 0 Å². The molecule has 0 heterocycles. The second-order valence-electron chi connectivity index (χ2n) is 3.49. The van der Waals surface area contributed by atoms with Gasteiger partial charge >= 0.3 is 0 Å². The second kappa shape index (κ2) is 5.67. The molecule has 15 heavy (non-hydrogen) atoms. The van der Waals surface area contributed by atoms with Gasteiger partial charge in [-0.25, -0.2) is 0 Å². The Kier molecular flexibility index (Phi) is 5.11. The molecule has 0 aliphatic heterocycles. The fourth-order valence-electron chi connectivity index (χ4n) is 2.08. The van der Waals surface area contributed by atoms with Crippen LogP contribution in [-0.4, -0.2) is 59.1 Å². The Bertz CT molecular complexity index is 420. The fourth-order valence-corrected chi connectivity index (χ4v) is 2.08. The second-order valence-corrected chi connectivity index (χ2v) is 3.49. The van der Waals surface area contributed by atoms with Crippen LogP contribution in [0.1, 0.15) is 11.1 Å². The minimum atomic E-state index is 0. The number of benzene rings is 2. The summed E-state index contributed by atoms with van der Waals surface area (Å²) < 4.78 is 0. The average molecular weight is 212 g/mol. The molecule has 0 unspecified atom stereocenters. The predicted octanol–water partition coefficient (Wildman–Crippen LogP) is 2.50. The van der Waals surface area contributed by atoms with Gasteiger partial charge < -0.3 is 0 Å². The van der Waals surface area contributed by atoms with Gasteiger partial charge in [0.1, 0.15) is 0 Å². The van der Waals surface area contributed by atoms with Crippen LogP contribution in [0.2, 0.25) is 0 Å². The fraction of sp³-hybridized carbons (Fsp3) is 0.0769. The Morgan fingerprint density at radius 1 is 0.600 bits per heavy atom. The van der Waals surface area contributed by atoms with E-state index in [2.05, 4.69) is 48.5 Å². The van der Waals surface area contributed by atoms with Gasteiger partial charge in [-0.05, 0) is 28.7 Å². The molecular formula is C13H10Na2. The third kappa shape index (κ3) is 2.41. The Hall–Kier alpha value is 0.440. The first-order valence-corrected chi connectivity index (χ1v) is 4.61. The molecule has 0 spiro atoms. The van der Waals surface area contributed by atoms with E-state index in [1.54, 1.807) is 0 Å². The van der Waals surface area contributed by atoms with E-state index in [1.807, 2.05) is 0 Å². The van der Waals surface area contributed by atoms with E-state index < -0.39 is 0 Å². The molecule has 0 bridgehead atoms. The van der Waals surface area contributed by atoms with Gasteiger partial charge in [-0.2, -0.15) is 0 Å². The molecule has 0 aromatic heterocycles. The maximum Gasteiger partial charge on any atom is 0 e. The molecule has 0 atom stereocenters. The van der Waals surface area contributed by atoms with Gasteiger partial charge in [-0.3, -0.25) is 0 Å². The maximum atomic E-state index is 2.22. The van der Waals surface area contributed by atoms with E-state index in [9.17, 15) is 0 Å². The van der Waals surface area contributed by atoms with Crippen molar-refractivity contribution in [2.45, 2.75) is 6.42 Å². The van der Waals surface area contributed by atoms with E-state index in [-0.39, 0.29) is 59.1 Å². The number of rotatable bonds is 0. The van der Waals surface area contributed by atoms with Crippen molar-refractivity contribution in [3.05, 3.63) is 59.7 Å². The van der Waals surface area contributed by atoms with Crippen LogP contribution < -0.4 is 0 Å². The van der Waals surface area contributed by atoms with Crippen LogP contribution in [0.3, 0.4) is 0 Å². The van der Waals surface area contributed by atoms with Crippen molar-refractivity contribution in [2.24, 2.45) is 0 Å². The molecule has 1 aliphatic rings. The van der Waals surface area contributed by atoms with Crippen LogP contribution in [0.5, 0.6) is 0 Å². The third-order valence-electron chi connectivity index (χ3n) is 2.71. The van der Waals surface area contributed by atoms with Crippen LogP contribution in [0.4, 0.5) is 0 Å². The van der Waals surface area contributed by atoms with Gasteiger partial charge in [0.25, 0.3) is 0 Å². The minimum Gasteiger partial charge on any atom is -0.0619 e. The Balaban J connectivity index is 0.000000562. The molecule has 0 saturated heterocycles. The monoisotopic (exact) mass is 212 g/mol. The van der Waals surface area contributed by atoms with Crippen LogP contribution in [0.15, 0.2) is 48.5 Å². The molecule has 2 heteroatoms. The molecule has 0 amide bonds. The van der Waals surface area contributed by atoms with Crippen molar-refractivity contribution in [3.63, 3.8) is 0 Å². The molecule has 2 aromatic rings. The number of fused-ring (bicyclic) bond motifs is 3. The van der Waals surface area contributed by atoms with Crippen molar-refractivity contribution < 1.29 is 0 Å². The smallest absolute Gasteiger partial charge is 0 e. The van der Waals surface area contributed by atoms with E-state index in [0.717, 1.165) is 6.42 Å². The van der Waals surface area contributed by atoms with Crippen molar-refractivity contribution >= 4 is 59.1 Å². The van der Waals surface area contributed by atoms with Gasteiger partial charge in [-0.1, -0.05) is 48.5 Å². The summed E-state index contributed by atoms with van der Waals surface area (Å²) in [5, 5.41) is 0. The minimum absolute atomic E-state index is 0. The predicted molar refractivity (Wildman–Crippen MR) is 66.2 cm³/mol. The van der Waals surface area contributed by atoms with Crippen molar-refractivity contribution in [1.82, 2.24) is 0 Å². The van der Waals surface area contributed by atoms with Gasteiger partial charge in [0.2, 0.25) is 0 Å². The Morgan fingerprint density at radius 2 is 1.00 bits per heavy atom. The van der Waals surface area contributed by atoms with Crippen LogP contribution in [-0.2, 0) is 6.42 Å². The topological polar surface area (TPSA) is 0 Å². The zero-order valence-corrected chi connectivity index (χ0v) is 13.3. The average Bonchev–Trinajstić information content (AvgIpc) is 2.56. The molecular weight excluding hydrogens is 202 g/mol. The molecule has 0 fully saturated rings. The van der Waals surface area contributed by atoms with Crippen LogP contribution in [0.25, 0.3) is 11.1 Å². The molecule has 64 valence electrons. The number of hydrogen-bond donors (Lipinski definition) is 0. The van der Waals surface area contributed by atoms with Crippen molar-refractivity contribution in [3.8, 4) is 11.1 Å². The molecule has 2 radical (unpaired) electrons. The normalized spacial score (nSPS) is 10.7. The van der Waals surface area contributed by atoms with Crippen molar-refractivity contribution in [1.29, 1.82) is 0 Å². The largest absolute Gasteiger partial charge is 0.0619 e. The van der Waals surface area contributed by atoms with Crippen molar-refractivity contribution in [2.75, 3.05) is 0 Å². The van der Waals surface area contributed by atoms with Crippen LogP contribution >= 0.6 is 0 Å². The summed E-state index contributed by atoms with van der Waals surface area (Å²) in [6, 6.07) is 17.3. The van der Waals surface area contributed by atoms with E-state index in [1.165, 1.54) is 22.3 Å². The zero-order chi connectivity index (χ0) is 8.67. The van der Waals surface area contributed by atoms with Gasteiger partial charge in [0.05, 0.1) is 0 Å².